The largest absolute Gasteiger partial charge is 0.465 e. The average molecular weight is 385 g/mol. The highest BCUT2D eigenvalue weighted by Gasteiger charge is 2.37. The molecule has 1 rings (SSSR count). The van der Waals surface area contributed by atoms with E-state index in [1.165, 1.54) is 51.4 Å². The van der Waals surface area contributed by atoms with Gasteiger partial charge in [0.1, 0.15) is 6.61 Å². The Labute approximate surface area is 165 Å². The second-order valence-electron chi connectivity index (χ2n) is 7.74. The molecule has 1 aliphatic rings. The molecule has 0 heterocycles. The number of esters is 2. The van der Waals surface area contributed by atoms with Crippen LogP contribution in [0.1, 0.15) is 96.8 Å². The lowest BCUT2D eigenvalue weighted by atomic mass is 9.79. The van der Waals surface area contributed by atoms with Crippen LogP contribution < -0.4 is 0 Å². The summed E-state index contributed by atoms with van der Waals surface area (Å²) < 4.78 is 10.5. The third kappa shape index (κ3) is 10.7. The van der Waals surface area contributed by atoms with Gasteiger partial charge in [0.05, 0.1) is 25.0 Å². The molecule has 1 aliphatic carbocycles. The standard InChI is InChI=1S/C22H40O5/c1-2-3-4-5-6-7-8-9-10-13-17-26-21(24)19-14-11-12-15-20(19)22(25)27-18-16-23/h19-20,23H,2-18H2,1H3. The van der Waals surface area contributed by atoms with E-state index in [0.717, 1.165) is 25.7 Å². The van der Waals surface area contributed by atoms with Crippen molar-refractivity contribution in [3.05, 3.63) is 0 Å². The van der Waals surface area contributed by atoms with E-state index in [4.69, 9.17) is 14.6 Å². The summed E-state index contributed by atoms with van der Waals surface area (Å²) in [5, 5.41) is 8.79. The molecule has 2 unspecified atom stereocenters. The van der Waals surface area contributed by atoms with Crippen LogP contribution in [-0.2, 0) is 19.1 Å². The van der Waals surface area contributed by atoms with Crippen LogP contribution in [-0.4, -0.2) is 36.9 Å². The first-order valence-electron chi connectivity index (χ1n) is 11.1. The van der Waals surface area contributed by atoms with Crippen LogP contribution in [0.15, 0.2) is 0 Å². The maximum atomic E-state index is 12.4. The Morgan fingerprint density at radius 3 is 1.67 bits per heavy atom. The summed E-state index contributed by atoms with van der Waals surface area (Å²) in [5.74, 6) is -1.42. The first-order valence-corrected chi connectivity index (χ1v) is 11.1. The van der Waals surface area contributed by atoms with Crippen LogP contribution in [0.3, 0.4) is 0 Å². The van der Waals surface area contributed by atoms with E-state index in [1.54, 1.807) is 0 Å². The lowest BCUT2D eigenvalue weighted by Crippen LogP contribution is -2.35. The second kappa shape index (κ2) is 15.9. The summed E-state index contributed by atoms with van der Waals surface area (Å²) in [4.78, 5) is 24.5. The molecule has 0 bridgehead atoms. The molecule has 0 aromatic carbocycles. The molecule has 0 aromatic rings. The maximum absolute atomic E-state index is 12.4. The van der Waals surface area contributed by atoms with Gasteiger partial charge in [0.15, 0.2) is 0 Å². The number of unbranched alkanes of at least 4 members (excludes halogenated alkanes) is 9. The normalized spacial score (nSPS) is 19.6. The third-order valence-electron chi connectivity index (χ3n) is 5.45. The Kier molecular flexibility index (Phi) is 14.1. The Morgan fingerprint density at radius 1 is 0.741 bits per heavy atom. The molecule has 0 radical (unpaired) electrons. The molecule has 5 heteroatoms. The summed E-state index contributed by atoms with van der Waals surface area (Å²) in [6, 6.07) is 0. The summed E-state index contributed by atoms with van der Waals surface area (Å²) in [7, 11) is 0. The van der Waals surface area contributed by atoms with Crippen LogP contribution in [0.25, 0.3) is 0 Å². The zero-order chi connectivity index (χ0) is 19.7. The zero-order valence-electron chi connectivity index (χ0n) is 17.3. The number of carbonyl (C=O) groups excluding carboxylic acids is 2. The van der Waals surface area contributed by atoms with Gasteiger partial charge in [-0.1, -0.05) is 77.6 Å². The van der Waals surface area contributed by atoms with Gasteiger partial charge in [0.25, 0.3) is 0 Å². The summed E-state index contributed by atoms with van der Waals surface area (Å²) in [6.07, 6.45) is 15.7. The smallest absolute Gasteiger partial charge is 0.309 e. The highest BCUT2D eigenvalue weighted by molar-refractivity contribution is 5.82. The van der Waals surface area contributed by atoms with Crippen LogP contribution >= 0.6 is 0 Å². The highest BCUT2D eigenvalue weighted by Crippen LogP contribution is 2.32. The fraction of sp³-hybridized carbons (Fsp3) is 0.909. The predicted molar refractivity (Wildman–Crippen MR) is 106 cm³/mol. The predicted octanol–water partition coefficient (Wildman–Crippen LogP) is 4.79. The fourth-order valence-corrected chi connectivity index (χ4v) is 3.82. The second-order valence-corrected chi connectivity index (χ2v) is 7.74. The molecule has 27 heavy (non-hydrogen) atoms. The van der Waals surface area contributed by atoms with Crippen molar-refractivity contribution in [2.75, 3.05) is 19.8 Å². The summed E-state index contributed by atoms with van der Waals surface area (Å²) in [5.41, 5.74) is 0. The number of rotatable bonds is 15. The molecule has 158 valence electrons. The Morgan fingerprint density at radius 2 is 1.19 bits per heavy atom. The van der Waals surface area contributed by atoms with Crippen molar-refractivity contribution in [2.24, 2.45) is 11.8 Å². The lowest BCUT2D eigenvalue weighted by molar-refractivity contribution is -0.163. The molecule has 0 aliphatic heterocycles. The summed E-state index contributed by atoms with van der Waals surface area (Å²) in [6.45, 7) is 2.50. The van der Waals surface area contributed by atoms with Crippen molar-refractivity contribution in [3.8, 4) is 0 Å². The monoisotopic (exact) mass is 384 g/mol. The Balaban J connectivity index is 2.11. The number of hydrogen-bond acceptors (Lipinski definition) is 5. The van der Waals surface area contributed by atoms with Gasteiger partial charge in [-0.05, 0) is 19.3 Å². The minimum Gasteiger partial charge on any atom is -0.465 e. The topological polar surface area (TPSA) is 72.8 Å². The molecule has 0 saturated heterocycles. The Hall–Kier alpha value is -1.10. The van der Waals surface area contributed by atoms with Gasteiger partial charge in [-0.15, -0.1) is 0 Å². The third-order valence-corrected chi connectivity index (χ3v) is 5.45. The molecular weight excluding hydrogens is 344 g/mol. The minimum atomic E-state index is -0.412. The van der Waals surface area contributed by atoms with Crippen LogP contribution in [0.4, 0.5) is 0 Å². The number of aliphatic hydroxyl groups excluding tert-OH is 1. The van der Waals surface area contributed by atoms with E-state index in [9.17, 15) is 9.59 Å². The van der Waals surface area contributed by atoms with Gasteiger partial charge in [-0.25, -0.2) is 0 Å². The first-order chi connectivity index (χ1) is 13.2. The van der Waals surface area contributed by atoms with E-state index in [2.05, 4.69) is 6.92 Å². The van der Waals surface area contributed by atoms with Gasteiger partial charge >= 0.3 is 11.9 Å². The molecule has 0 spiro atoms. The van der Waals surface area contributed by atoms with Crippen LogP contribution in [0.2, 0.25) is 0 Å². The molecule has 1 N–H and O–H groups in total. The fourth-order valence-electron chi connectivity index (χ4n) is 3.82. The zero-order valence-corrected chi connectivity index (χ0v) is 17.3. The molecule has 1 fully saturated rings. The number of hydrogen-bond donors (Lipinski definition) is 1. The highest BCUT2D eigenvalue weighted by atomic mass is 16.5. The van der Waals surface area contributed by atoms with E-state index < -0.39 is 5.92 Å². The van der Waals surface area contributed by atoms with Gasteiger partial charge in [0, 0.05) is 0 Å². The first kappa shape index (κ1) is 23.9. The maximum Gasteiger partial charge on any atom is 0.309 e. The molecule has 2 atom stereocenters. The molecule has 1 saturated carbocycles. The number of carbonyl (C=O) groups is 2. The minimum absolute atomic E-state index is 0.00426. The lowest BCUT2D eigenvalue weighted by Gasteiger charge is -2.28. The molecule has 0 aromatic heterocycles. The van der Waals surface area contributed by atoms with Crippen molar-refractivity contribution in [2.45, 2.75) is 96.8 Å². The van der Waals surface area contributed by atoms with Gasteiger partial charge < -0.3 is 14.6 Å². The molecule has 5 nitrogen and oxygen atoms in total. The van der Waals surface area contributed by atoms with Crippen LogP contribution in [0, 0.1) is 11.8 Å². The van der Waals surface area contributed by atoms with E-state index >= 15 is 0 Å². The van der Waals surface area contributed by atoms with Crippen molar-refractivity contribution in [1.29, 1.82) is 0 Å². The SMILES string of the molecule is CCCCCCCCCCCCOC(=O)C1CCCCC1C(=O)OCCO. The number of aliphatic hydroxyl groups is 1. The van der Waals surface area contributed by atoms with Crippen molar-refractivity contribution in [1.82, 2.24) is 0 Å². The van der Waals surface area contributed by atoms with Gasteiger partial charge in [0.2, 0.25) is 0 Å². The van der Waals surface area contributed by atoms with E-state index in [-0.39, 0.29) is 31.1 Å². The van der Waals surface area contributed by atoms with Crippen molar-refractivity contribution < 1.29 is 24.2 Å². The molecule has 0 amide bonds. The van der Waals surface area contributed by atoms with Crippen LogP contribution in [0.5, 0.6) is 0 Å². The number of ether oxygens (including phenoxy) is 2. The Bertz CT molecular complexity index is 396. The van der Waals surface area contributed by atoms with Gasteiger partial charge in [-0.3, -0.25) is 9.59 Å². The summed E-state index contributed by atoms with van der Waals surface area (Å²) >= 11 is 0. The van der Waals surface area contributed by atoms with Gasteiger partial charge in [-0.2, -0.15) is 0 Å². The van der Waals surface area contributed by atoms with Crippen molar-refractivity contribution >= 4 is 11.9 Å². The van der Waals surface area contributed by atoms with Crippen molar-refractivity contribution in [3.63, 3.8) is 0 Å². The van der Waals surface area contributed by atoms with E-state index in [1.807, 2.05) is 0 Å². The quantitative estimate of drug-likeness (QED) is 0.324. The molecular formula is C22H40O5. The average Bonchev–Trinajstić information content (AvgIpc) is 2.70. The van der Waals surface area contributed by atoms with E-state index in [0.29, 0.717) is 19.4 Å².